The second-order valence-electron chi connectivity index (χ2n) is 4.69. The maximum atomic E-state index is 6.11. The minimum absolute atomic E-state index is 0.257. The highest BCUT2D eigenvalue weighted by atomic mass is 35.5. The molecule has 0 bridgehead atoms. The van der Waals surface area contributed by atoms with Gasteiger partial charge in [-0.05, 0) is 68.7 Å². The largest absolute Gasteiger partial charge is 0.329 e. The summed E-state index contributed by atoms with van der Waals surface area (Å²) in [6.07, 6.45) is 2.41. The Morgan fingerprint density at radius 2 is 2.12 bits per heavy atom. The summed E-state index contributed by atoms with van der Waals surface area (Å²) >= 11 is 7.98. The zero-order valence-electron chi connectivity index (χ0n) is 9.29. The van der Waals surface area contributed by atoms with E-state index in [0.717, 1.165) is 5.02 Å². The van der Waals surface area contributed by atoms with Crippen molar-refractivity contribution < 1.29 is 0 Å². The highest BCUT2D eigenvalue weighted by molar-refractivity contribution is 8.01. The van der Waals surface area contributed by atoms with Gasteiger partial charge in [0, 0.05) is 10.7 Å². The van der Waals surface area contributed by atoms with Crippen LogP contribution in [0.1, 0.15) is 18.4 Å². The normalized spacial score (nSPS) is 23.1. The molecule has 3 rings (SSSR count). The molecule has 1 fully saturated rings. The molecule has 1 N–H and O–H groups in total. The monoisotopic (exact) mass is 254 g/mol. The van der Waals surface area contributed by atoms with Gasteiger partial charge in [0.15, 0.2) is 0 Å². The Balaban J connectivity index is 1.98. The van der Waals surface area contributed by atoms with Crippen molar-refractivity contribution in [2.45, 2.75) is 17.6 Å². The molecule has 16 heavy (non-hydrogen) atoms. The van der Waals surface area contributed by atoms with Crippen LogP contribution in [0.2, 0.25) is 5.02 Å². The number of likely N-dealkylation sites (tertiary alicyclic amines) is 1. The molecule has 1 aromatic rings. The van der Waals surface area contributed by atoms with E-state index >= 15 is 0 Å². The third-order valence-electron chi connectivity index (χ3n) is 3.62. The summed E-state index contributed by atoms with van der Waals surface area (Å²) in [6, 6.07) is 6.19. The second-order valence-corrected chi connectivity index (χ2v) is 6.32. The number of rotatable bonds is 0. The Labute approximate surface area is 105 Å². The van der Waals surface area contributed by atoms with Gasteiger partial charge in [-0.15, -0.1) is 0 Å². The summed E-state index contributed by atoms with van der Waals surface area (Å²) in [7, 11) is 2.19. The van der Waals surface area contributed by atoms with Crippen molar-refractivity contribution in [1.29, 1.82) is 0 Å². The summed E-state index contributed by atoms with van der Waals surface area (Å²) in [6.45, 7) is 2.33. The van der Waals surface area contributed by atoms with Gasteiger partial charge in [0.25, 0.3) is 0 Å². The van der Waals surface area contributed by atoms with Crippen LogP contribution in [0.25, 0.3) is 0 Å². The fourth-order valence-corrected chi connectivity index (χ4v) is 3.86. The predicted molar refractivity (Wildman–Crippen MR) is 71.1 cm³/mol. The average Bonchev–Trinajstić information content (AvgIpc) is 2.62. The summed E-state index contributed by atoms with van der Waals surface area (Å²) in [4.78, 5) is 2.40. The number of halogens is 1. The van der Waals surface area contributed by atoms with Crippen LogP contribution >= 0.6 is 23.5 Å². The molecule has 4 heteroatoms. The lowest BCUT2D eigenvalue weighted by Gasteiger charge is -2.36. The molecule has 1 spiro atoms. The number of piperidine rings is 1. The predicted octanol–water partition coefficient (Wildman–Crippen LogP) is 3.33. The third kappa shape index (κ3) is 1.62. The quantitative estimate of drug-likeness (QED) is 0.715. The van der Waals surface area contributed by atoms with Crippen molar-refractivity contribution in [3.05, 3.63) is 28.8 Å². The van der Waals surface area contributed by atoms with E-state index < -0.39 is 0 Å². The van der Waals surface area contributed by atoms with Crippen molar-refractivity contribution in [2.24, 2.45) is 0 Å². The van der Waals surface area contributed by atoms with E-state index in [0.29, 0.717) is 0 Å². The number of nitrogens with one attached hydrogen (secondary N) is 1. The molecule has 86 valence electrons. The number of hydrogen-bond acceptors (Lipinski definition) is 3. The number of nitrogens with zero attached hydrogens (tertiary/aromatic N) is 1. The van der Waals surface area contributed by atoms with Crippen LogP contribution in [0.3, 0.4) is 0 Å². The Bertz CT molecular complexity index is 413. The summed E-state index contributed by atoms with van der Waals surface area (Å²) in [5.41, 5.74) is 2.65. The molecule has 2 nitrogen and oxygen atoms in total. The molecular formula is C12H15ClN2S. The first kappa shape index (κ1) is 10.8. The van der Waals surface area contributed by atoms with Crippen molar-refractivity contribution in [2.75, 3.05) is 24.9 Å². The minimum atomic E-state index is 0.257. The lowest BCUT2D eigenvalue weighted by Crippen LogP contribution is -2.37. The Morgan fingerprint density at radius 3 is 2.88 bits per heavy atom. The lowest BCUT2D eigenvalue weighted by atomic mass is 9.87. The van der Waals surface area contributed by atoms with E-state index in [-0.39, 0.29) is 4.75 Å². The lowest BCUT2D eigenvalue weighted by molar-refractivity contribution is 0.241. The van der Waals surface area contributed by atoms with Crippen molar-refractivity contribution in [1.82, 2.24) is 4.90 Å². The van der Waals surface area contributed by atoms with Gasteiger partial charge < -0.3 is 9.62 Å². The van der Waals surface area contributed by atoms with Crippen molar-refractivity contribution in [3.8, 4) is 0 Å². The standard InChI is InChI=1S/C12H15ClN2S/c1-15-6-4-12(5-7-15)10-8-9(13)2-3-11(10)14-16-12/h2-3,8,14H,4-7H2,1H3. The molecule has 0 atom stereocenters. The smallest absolute Gasteiger partial charge is 0.0651 e. The third-order valence-corrected chi connectivity index (χ3v) is 5.20. The Kier molecular flexibility index (Phi) is 2.57. The van der Waals surface area contributed by atoms with Gasteiger partial charge in [0.05, 0.1) is 4.75 Å². The van der Waals surface area contributed by atoms with Crippen molar-refractivity contribution in [3.63, 3.8) is 0 Å². The van der Waals surface area contributed by atoms with Gasteiger partial charge in [0.2, 0.25) is 0 Å². The molecule has 1 saturated heterocycles. The maximum absolute atomic E-state index is 6.11. The van der Waals surface area contributed by atoms with Gasteiger partial charge in [0.1, 0.15) is 0 Å². The topological polar surface area (TPSA) is 15.3 Å². The molecule has 0 saturated carbocycles. The fraction of sp³-hybridized carbons (Fsp3) is 0.500. The second kappa shape index (κ2) is 3.83. The number of benzene rings is 1. The molecule has 1 aromatic carbocycles. The van der Waals surface area contributed by atoms with E-state index in [4.69, 9.17) is 11.6 Å². The van der Waals surface area contributed by atoms with Crippen LogP contribution in [-0.2, 0) is 4.75 Å². The molecule has 0 amide bonds. The fourth-order valence-electron chi connectivity index (χ4n) is 2.54. The van der Waals surface area contributed by atoms with Gasteiger partial charge in [-0.25, -0.2) is 0 Å². The molecule has 0 aromatic heterocycles. The number of anilines is 1. The molecule has 2 aliphatic rings. The van der Waals surface area contributed by atoms with E-state index in [1.54, 1.807) is 0 Å². The zero-order valence-corrected chi connectivity index (χ0v) is 10.9. The molecule has 0 aliphatic carbocycles. The van der Waals surface area contributed by atoms with Gasteiger partial charge >= 0.3 is 0 Å². The van der Waals surface area contributed by atoms with Crippen molar-refractivity contribution >= 4 is 29.2 Å². The van der Waals surface area contributed by atoms with E-state index in [9.17, 15) is 0 Å². The highest BCUT2D eigenvalue weighted by Crippen LogP contribution is 2.53. The summed E-state index contributed by atoms with van der Waals surface area (Å²) in [5.74, 6) is 0. The first-order chi connectivity index (χ1) is 7.70. The van der Waals surface area contributed by atoms with Crippen LogP contribution < -0.4 is 4.72 Å². The first-order valence-corrected chi connectivity index (χ1v) is 6.82. The first-order valence-electron chi connectivity index (χ1n) is 5.62. The van der Waals surface area contributed by atoms with Gasteiger partial charge in [-0.1, -0.05) is 11.6 Å². The van der Waals surface area contributed by atoms with E-state index in [2.05, 4.69) is 28.8 Å². The minimum Gasteiger partial charge on any atom is -0.329 e. The van der Waals surface area contributed by atoms with Crippen LogP contribution in [0.5, 0.6) is 0 Å². The molecule has 0 unspecified atom stereocenters. The molecular weight excluding hydrogens is 240 g/mol. The number of fused-ring (bicyclic) bond motifs is 2. The Morgan fingerprint density at radius 1 is 1.38 bits per heavy atom. The number of hydrogen-bond donors (Lipinski definition) is 1. The molecule has 0 radical (unpaired) electrons. The molecule has 2 heterocycles. The maximum Gasteiger partial charge on any atom is 0.0651 e. The van der Waals surface area contributed by atoms with E-state index in [1.807, 2.05) is 18.0 Å². The molecule has 2 aliphatic heterocycles. The van der Waals surface area contributed by atoms with E-state index in [1.165, 1.54) is 37.2 Å². The summed E-state index contributed by atoms with van der Waals surface area (Å²) in [5, 5.41) is 0.848. The van der Waals surface area contributed by atoms with Crippen LogP contribution in [0.4, 0.5) is 5.69 Å². The SMILES string of the molecule is CN1CCC2(CC1)SNc1ccc(Cl)cc12. The van der Waals surface area contributed by atoms with Gasteiger partial charge in [-0.2, -0.15) is 0 Å². The highest BCUT2D eigenvalue weighted by Gasteiger charge is 2.42. The Hall–Kier alpha value is -0.380. The van der Waals surface area contributed by atoms with Gasteiger partial charge in [-0.3, -0.25) is 0 Å². The average molecular weight is 255 g/mol. The van der Waals surface area contributed by atoms with Crippen LogP contribution in [0, 0.1) is 0 Å². The summed E-state index contributed by atoms with van der Waals surface area (Å²) < 4.78 is 3.70. The van der Waals surface area contributed by atoms with Crippen LogP contribution in [-0.4, -0.2) is 25.0 Å². The van der Waals surface area contributed by atoms with Crippen LogP contribution in [0.15, 0.2) is 18.2 Å². The zero-order chi connectivity index (χ0) is 11.2.